The number of rotatable bonds is 6. The number of benzene rings is 2. The summed E-state index contributed by atoms with van der Waals surface area (Å²) in [6.07, 6.45) is 9.04. The van der Waals surface area contributed by atoms with Gasteiger partial charge in [-0.25, -0.2) is 0 Å². The zero-order chi connectivity index (χ0) is 25.7. The zero-order valence-electron chi connectivity index (χ0n) is 22.1. The van der Waals surface area contributed by atoms with Gasteiger partial charge in [-0.3, -0.25) is 20.5 Å². The fourth-order valence-electron chi connectivity index (χ4n) is 7.57. The number of nitrogens with zero attached hydrogens (tertiary/aromatic N) is 1. The molecule has 2 aromatic rings. The second-order valence-corrected chi connectivity index (χ2v) is 11.8. The Morgan fingerprint density at radius 2 is 1.95 bits per heavy atom. The molecule has 5 aliphatic rings. The van der Waals surface area contributed by atoms with Crippen LogP contribution in [-0.2, 0) is 21.5 Å². The Kier molecular flexibility index (Phi) is 6.27. The van der Waals surface area contributed by atoms with Gasteiger partial charge in [0.15, 0.2) is 0 Å². The lowest BCUT2D eigenvalue weighted by molar-refractivity contribution is -0.118. The smallest absolute Gasteiger partial charge is 0.235 e. The van der Waals surface area contributed by atoms with Gasteiger partial charge in [0.2, 0.25) is 5.91 Å². The molecule has 1 amide bonds. The van der Waals surface area contributed by atoms with Crippen molar-refractivity contribution in [2.24, 2.45) is 17.8 Å². The first-order valence-corrected chi connectivity index (χ1v) is 14.2. The van der Waals surface area contributed by atoms with Crippen molar-refractivity contribution in [1.29, 1.82) is 0 Å². The van der Waals surface area contributed by atoms with Crippen LogP contribution in [-0.4, -0.2) is 56.3 Å². The van der Waals surface area contributed by atoms with Crippen molar-refractivity contribution in [2.45, 2.75) is 49.7 Å². The van der Waals surface area contributed by atoms with E-state index in [0.29, 0.717) is 29.8 Å². The number of carbonyl (C=O) groups excluding carboxylic acids is 1. The molecule has 2 aromatic carbocycles. The maximum absolute atomic E-state index is 13.1. The van der Waals surface area contributed by atoms with Crippen molar-refractivity contribution < 1.29 is 14.3 Å². The third kappa shape index (κ3) is 4.26. The van der Waals surface area contributed by atoms with Crippen LogP contribution in [0.2, 0.25) is 0 Å². The number of fused-ring (bicyclic) bond motifs is 3. The maximum Gasteiger partial charge on any atom is 0.235 e. The van der Waals surface area contributed by atoms with E-state index in [0.717, 1.165) is 62.7 Å². The number of nitrogens with one attached hydrogen (secondary N) is 3. The van der Waals surface area contributed by atoms with E-state index >= 15 is 0 Å². The fraction of sp³-hybridized carbons (Fsp3) is 0.516. The van der Waals surface area contributed by atoms with E-state index in [4.69, 9.17) is 9.47 Å². The Morgan fingerprint density at radius 3 is 2.76 bits per heavy atom. The highest BCUT2D eigenvalue weighted by atomic mass is 16.5. The highest BCUT2D eigenvalue weighted by Crippen LogP contribution is 2.65. The molecule has 3 aliphatic heterocycles. The molecule has 2 saturated heterocycles. The normalized spacial score (nSPS) is 34.3. The molecule has 6 atom stereocenters. The number of hydrogen-bond acceptors (Lipinski definition) is 6. The molecule has 38 heavy (non-hydrogen) atoms. The van der Waals surface area contributed by atoms with E-state index < -0.39 is 0 Å². The fourth-order valence-corrected chi connectivity index (χ4v) is 7.57. The molecule has 7 heteroatoms. The largest absolute Gasteiger partial charge is 0.497 e. The standard InChI is InChI=1S/C31H38N4O3/c1-37-23-8-11-28-25(17-23)31(30(36)32-28)18-26(31)22-7-9-24-27(33-34-29(24)16-22)10-6-20-2-4-21(5-3-20)19-35-12-14-38-15-13-35/h2-6,8,10-11,17,22,24,26-27,29,33-34H,7,9,12-16,18-19H2,1H3,(H,32,36)/b10-6+/t22?,24?,26-,27?,29?,31-/m0/s1. The molecule has 3 N–H and O–H groups in total. The molecule has 4 unspecified atom stereocenters. The van der Waals surface area contributed by atoms with Crippen molar-refractivity contribution in [3.05, 3.63) is 65.2 Å². The van der Waals surface area contributed by atoms with Gasteiger partial charge in [0.05, 0.1) is 25.7 Å². The SMILES string of the molecule is COc1ccc2c(c1)[C@]1(C[C@H]1C1CCC3C(/C=C/c4ccc(CN5CCOCC5)cc4)NNC3C1)C(=O)N2. The summed E-state index contributed by atoms with van der Waals surface area (Å²) in [5, 5.41) is 3.14. The van der Waals surface area contributed by atoms with Crippen molar-refractivity contribution in [3.63, 3.8) is 0 Å². The average Bonchev–Trinajstić information content (AvgIpc) is 3.50. The molecule has 3 heterocycles. The number of carbonyl (C=O) groups is 1. The number of anilines is 1. The monoisotopic (exact) mass is 514 g/mol. The third-order valence-electron chi connectivity index (χ3n) is 9.77. The molecule has 0 aromatic heterocycles. The summed E-state index contributed by atoms with van der Waals surface area (Å²) in [6, 6.07) is 15.7. The van der Waals surface area contributed by atoms with E-state index in [1.54, 1.807) is 7.11 Å². The van der Waals surface area contributed by atoms with Crippen LogP contribution < -0.4 is 20.9 Å². The summed E-state index contributed by atoms with van der Waals surface area (Å²) in [6.45, 7) is 4.71. The Hall–Kier alpha value is -2.71. The van der Waals surface area contributed by atoms with E-state index in [-0.39, 0.29) is 11.3 Å². The Balaban J connectivity index is 0.965. The predicted octanol–water partition coefficient (Wildman–Crippen LogP) is 3.71. The summed E-state index contributed by atoms with van der Waals surface area (Å²) < 4.78 is 10.9. The van der Waals surface area contributed by atoms with Crippen molar-refractivity contribution in [1.82, 2.24) is 15.8 Å². The van der Waals surface area contributed by atoms with Gasteiger partial charge < -0.3 is 14.8 Å². The first kappa shape index (κ1) is 24.3. The van der Waals surface area contributed by atoms with Crippen LogP contribution in [0.25, 0.3) is 6.08 Å². The first-order chi connectivity index (χ1) is 18.6. The molecule has 7 nitrogen and oxygen atoms in total. The molecule has 7 rings (SSSR count). The lowest BCUT2D eigenvalue weighted by Crippen LogP contribution is -2.37. The summed E-state index contributed by atoms with van der Waals surface area (Å²) in [4.78, 5) is 15.5. The average molecular weight is 515 g/mol. The minimum absolute atomic E-state index is 0.183. The molecular formula is C31H38N4O3. The molecular weight excluding hydrogens is 476 g/mol. The molecule has 0 radical (unpaired) electrons. The topological polar surface area (TPSA) is 74.9 Å². The second-order valence-electron chi connectivity index (χ2n) is 11.8. The summed E-state index contributed by atoms with van der Waals surface area (Å²) >= 11 is 0. The quantitative estimate of drug-likeness (QED) is 0.546. The van der Waals surface area contributed by atoms with Crippen molar-refractivity contribution in [2.75, 3.05) is 38.7 Å². The molecule has 0 bridgehead atoms. The highest BCUT2D eigenvalue weighted by molar-refractivity contribution is 6.09. The predicted molar refractivity (Wildman–Crippen MR) is 148 cm³/mol. The van der Waals surface area contributed by atoms with E-state index in [1.165, 1.54) is 24.0 Å². The van der Waals surface area contributed by atoms with Gasteiger partial charge >= 0.3 is 0 Å². The minimum Gasteiger partial charge on any atom is -0.497 e. The summed E-state index contributed by atoms with van der Waals surface area (Å²) in [5.41, 5.74) is 11.5. The lowest BCUT2D eigenvalue weighted by atomic mass is 9.73. The van der Waals surface area contributed by atoms with Gasteiger partial charge in [0.1, 0.15) is 5.75 Å². The van der Waals surface area contributed by atoms with Crippen LogP contribution >= 0.6 is 0 Å². The van der Waals surface area contributed by atoms with Crippen LogP contribution in [0, 0.1) is 17.8 Å². The van der Waals surface area contributed by atoms with Gasteiger partial charge in [-0.15, -0.1) is 0 Å². The number of methoxy groups -OCH3 is 1. The van der Waals surface area contributed by atoms with Gasteiger partial charge in [-0.2, -0.15) is 0 Å². The van der Waals surface area contributed by atoms with Gasteiger partial charge in [0.25, 0.3) is 0 Å². The number of morpholine rings is 1. The minimum atomic E-state index is -0.347. The molecule has 2 saturated carbocycles. The second kappa shape index (κ2) is 9.79. The van der Waals surface area contributed by atoms with E-state index in [9.17, 15) is 4.79 Å². The van der Waals surface area contributed by atoms with Crippen LogP contribution in [0.5, 0.6) is 5.75 Å². The summed E-state index contributed by atoms with van der Waals surface area (Å²) in [7, 11) is 1.69. The highest BCUT2D eigenvalue weighted by Gasteiger charge is 2.67. The van der Waals surface area contributed by atoms with Gasteiger partial charge in [-0.05, 0) is 78.3 Å². The number of hydrazine groups is 1. The Bertz CT molecular complexity index is 1220. The summed E-state index contributed by atoms with van der Waals surface area (Å²) in [5.74, 6) is 2.58. The lowest BCUT2D eigenvalue weighted by Gasteiger charge is -2.33. The molecule has 200 valence electrons. The van der Waals surface area contributed by atoms with Gasteiger partial charge in [-0.1, -0.05) is 36.4 Å². The van der Waals surface area contributed by atoms with Crippen molar-refractivity contribution >= 4 is 17.7 Å². The zero-order valence-corrected chi connectivity index (χ0v) is 22.1. The van der Waals surface area contributed by atoms with E-state index in [2.05, 4.69) is 63.6 Å². The van der Waals surface area contributed by atoms with Gasteiger partial charge in [0, 0.05) is 37.4 Å². The van der Waals surface area contributed by atoms with Crippen LogP contribution in [0.4, 0.5) is 5.69 Å². The third-order valence-corrected chi connectivity index (χ3v) is 9.77. The van der Waals surface area contributed by atoms with E-state index in [1.807, 2.05) is 12.1 Å². The Labute approximate surface area is 224 Å². The van der Waals surface area contributed by atoms with Crippen LogP contribution in [0.1, 0.15) is 42.4 Å². The van der Waals surface area contributed by atoms with Crippen molar-refractivity contribution in [3.8, 4) is 5.75 Å². The number of amides is 1. The Morgan fingerprint density at radius 1 is 1.11 bits per heavy atom. The number of hydrogen-bond donors (Lipinski definition) is 3. The molecule has 1 spiro atoms. The van der Waals surface area contributed by atoms with Crippen LogP contribution in [0.15, 0.2) is 48.5 Å². The molecule has 4 fully saturated rings. The number of ether oxygens (including phenoxy) is 2. The van der Waals surface area contributed by atoms with Crippen LogP contribution in [0.3, 0.4) is 0 Å². The molecule has 2 aliphatic carbocycles. The first-order valence-electron chi connectivity index (χ1n) is 14.2. The maximum atomic E-state index is 13.1.